The van der Waals surface area contributed by atoms with Crippen molar-refractivity contribution in [3.8, 4) is 0 Å². The molecule has 2 rings (SSSR count). The van der Waals surface area contributed by atoms with E-state index in [1.54, 1.807) is 11.3 Å². The Hall–Kier alpha value is -0.940. The average molecular weight is 342 g/mol. The van der Waals surface area contributed by atoms with Gasteiger partial charge in [-0.3, -0.25) is 4.79 Å². The molecule has 0 N–H and O–H groups in total. The van der Waals surface area contributed by atoms with E-state index in [0.29, 0.717) is 12.8 Å². The van der Waals surface area contributed by atoms with Gasteiger partial charge in [-0.2, -0.15) is 0 Å². The van der Waals surface area contributed by atoms with Crippen LogP contribution in [0.1, 0.15) is 32.2 Å². The van der Waals surface area contributed by atoms with Crippen LogP contribution in [0.3, 0.4) is 0 Å². The molecule has 5 heteroatoms. The zero-order valence-corrected chi connectivity index (χ0v) is 13.6. The molecule has 0 aliphatic heterocycles. The van der Waals surface area contributed by atoms with Crippen molar-refractivity contribution in [1.82, 2.24) is 4.98 Å². The second-order valence-corrected chi connectivity index (χ2v) is 7.34. The number of rotatable bonds is 3. The van der Waals surface area contributed by atoms with Gasteiger partial charge in [0.15, 0.2) is 0 Å². The van der Waals surface area contributed by atoms with Crippen molar-refractivity contribution in [3.05, 3.63) is 27.7 Å². The first-order valence-corrected chi connectivity index (χ1v) is 7.71. The molecular formula is C14H16BrNO2S. The zero-order chi connectivity index (χ0) is 14.0. The molecule has 0 aliphatic carbocycles. The number of esters is 1. The largest absolute Gasteiger partial charge is 0.460 e. The first-order valence-electron chi connectivity index (χ1n) is 6.10. The number of carbonyl (C=O) groups is 1. The van der Waals surface area contributed by atoms with Gasteiger partial charge >= 0.3 is 5.97 Å². The summed E-state index contributed by atoms with van der Waals surface area (Å²) in [5, 5.41) is 0.971. The maximum atomic E-state index is 11.6. The van der Waals surface area contributed by atoms with Gasteiger partial charge in [-0.15, -0.1) is 11.3 Å². The van der Waals surface area contributed by atoms with Crippen LogP contribution in [-0.4, -0.2) is 16.6 Å². The van der Waals surface area contributed by atoms with Gasteiger partial charge in [-0.1, -0.05) is 15.9 Å². The van der Waals surface area contributed by atoms with E-state index in [2.05, 4.69) is 20.9 Å². The Morgan fingerprint density at radius 1 is 1.42 bits per heavy atom. The second kappa shape index (κ2) is 5.59. The molecule has 1 aromatic heterocycles. The smallest absolute Gasteiger partial charge is 0.306 e. The van der Waals surface area contributed by atoms with Gasteiger partial charge < -0.3 is 4.74 Å². The predicted octanol–water partition coefficient (Wildman–Crippen LogP) is 4.33. The molecule has 0 radical (unpaired) electrons. The lowest BCUT2D eigenvalue weighted by Crippen LogP contribution is -2.23. The van der Waals surface area contributed by atoms with Crippen molar-refractivity contribution >= 4 is 43.5 Å². The van der Waals surface area contributed by atoms with Gasteiger partial charge in [-0.05, 0) is 39.0 Å². The number of hydrogen-bond donors (Lipinski definition) is 0. The molecule has 0 fully saturated rings. The third-order valence-electron chi connectivity index (χ3n) is 2.36. The topological polar surface area (TPSA) is 39.2 Å². The van der Waals surface area contributed by atoms with Crippen LogP contribution in [0.2, 0.25) is 0 Å². The molecule has 0 spiro atoms. The average Bonchev–Trinajstić information content (AvgIpc) is 2.66. The summed E-state index contributed by atoms with van der Waals surface area (Å²) in [6, 6.07) is 6.00. The third-order valence-corrected chi connectivity index (χ3v) is 3.93. The number of fused-ring (bicyclic) bond motifs is 1. The van der Waals surface area contributed by atoms with Gasteiger partial charge in [0.2, 0.25) is 0 Å². The van der Waals surface area contributed by atoms with E-state index in [0.717, 1.165) is 19.7 Å². The molecule has 0 saturated heterocycles. The normalized spacial score (nSPS) is 11.8. The Balaban J connectivity index is 2.00. The molecule has 0 aliphatic rings. The SMILES string of the molecule is CC(C)(C)OC(=O)CCc1nc2ccc(Br)cc2s1. The minimum absolute atomic E-state index is 0.173. The highest BCUT2D eigenvalue weighted by molar-refractivity contribution is 9.10. The number of aromatic nitrogens is 1. The van der Waals surface area contributed by atoms with E-state index in [1.807, 2.05) is 39.0 Å². The summed E-state index contributed by atoms with van der Waals surface area (Å²) in [5.41, 5.74) is 0.558. The van der Waals surface area contributed by atoms with Crippen LogP contribution in [0, 0.1) is 0 Å². The first-order chi connectivity index (χ1) is 8.83. The third kappa shape index (κ3) is 4.28. The molecule has 0 atom stereocenters. The van der Waals surface area contributed by atoms with Gasteiger partial charge in [-0.25, -0.2) is 4.98 Å². The standard InChI is InChI=1S/C14H16BrNO2S/c1-14(2,3)18-13(17)7-6-12-16-10-5-4-9(15)8-11(10)19-12/h4-5,8H,6-7H2,1-3H3. The monoisotopic (exact) mass is 341 g/mol. The minimum Gasteiger partial charge on any atom is -0.460 e. The lowest BCUT2D eigenvalue weighted by atomic mass is 10.2. The molecule has 0 amide bonds. The number of carbonyl (C=O) groups excluding carboxylic acids is 1. The van der Waals surface area contributed by atoms with Crippen molar-refractivity contribution in [3.63, 3.8) is 0 Å². The molecule has 1 heterocycles. The van der Waals surface area contributed by atoms with Gasteiger partial charge in [0.25, 0.3) is 0 Å². The van der Waals surface area contributed by atoms with E-state index in [1.165, 1.54) is 0 Å². The number of benzene rings is 1. The van der Waals surface area contributed by atoms with Crippen LogP contribution in [0.15, 0.2) is 22.7 Å². The van der Waals surface area contributed by atoms with E-state index in [9.17, 15) is 4.79 Å². The highest BCUT2D eigenvalue weighted by Gasteiger charge is 2.16. The highest BCUT2D eigenvalue weighted by Crippen LogP contribution is 2.26. The Kier molecular flexibility index (Phi) is 4.26. The van der Waals surface area contributed by atoms with Crippen molar-refractivity contribution in [2.45, 2.75) is 39.2 Å². The Morgan fingerprint density at radius 3 is 2.84 bits per heavy atom. The number of thiazole rings is 1. The lowest BCUT2D eigenvalue weighted by molar-refractivity contribution is -0.154. The zero-order valence-electron chi connectivity index (χ0n) is 11.2. The van der Waals surface area contributed by atoms with E-state index >= 15 is 0 Å². The molecule has 0 bridgehead atoms. The fourth-order valence-corrected chi connectivity index (χ4v) is 3.17. The maximum Gasteiger partial charge on any atom is 0.306 e. The molecule has 0 saturated carbocycles. The van der Waals surface area contributed by atoms with Crippen LogP contribution in [0.5, 0.6) is 0 Å². The summed E-state index contributed by atoms with van der Waals surface area (Å²) in [7, 11) is 0. The first kappa shape index (κ1) is 14.5. The second-order valence-electron chi connectivity index (χ2n) is 5.31. The molecular weight excluding hydrogens is 326 g/mol. The van der Waals surface area contributed by atoms with Gasteiger partial charge in [0.1, 0.15) is 5.60 Å². The molecule has 19 heavy (non-hydrogen) atoms. The van der Waals surface area contributed by atoms with Crippen molar-refractivity contribution < 1.29 is 9.53 Å². The Morgan fingerprint density at radius 2 is 2.16 bits per heavy atom. The summed E-state index contributed by atoms with van der Waals surface area (Å²) in [5.74, 6) is -0.173. The number of nitrogens with zero attached hydrogens (tertiary/aromatic N) is 1. The molecule has 3 nitrogen and oxygen atoms in total. The van der Waals surface area contributed by atoms with Crippen LogP contribution >= 0.6 is 27.3 Å². The number of aryl methyl sites for hydroxylation is 1. The van der Waals surface area contributed by atoms with Gasteiger partial charge in [0.05, 0.1) is 21.6 Å². The van der Waals surface area contributed by atoms with Crippen LogP contribution < -0.4 is 0 Å². The number of hydrogen-bond acceptors (Lipinski definition) is 4. The Labute approximate surface area is 125 Å². The predicted molar refractivity (Wildman–Crippen MR) is 81.5 cm³/mol. The van der Waals surface area contributed by atoms with E-state index in [4.69, 9.17) is 4.74 Å². The van der Waals surface area contributed by atoms with E-state index < -0.39 is 5.60 Å². The summed E-state index contributed by atoms with van der Waals surface area (Å²) in [6.07, 6.45) is 1.00. The number of ether oxygens (including phenoxy) is 1. The van der Waals surface area contributed by atoms with Crippen molar-refractivity contribution in [1.29, 1.82) is 0 Å². The molecule has 102 valence electrons. The fraction of sp³-hybridized carbons (Fsp3) is 0.429. The van der Waals surface area contributed by atoms with Crippen molar-refractivity contribution in [2.24, 2.45) is 0 Å². The summed E-state index contributed by atoms with van der Waals surface area (Å²) in [6.45, 7) is 5.63. The lowest BCUT2D eigenvalue weighted by Gasteiger charge is -2.19. The maximum absolute atomic E-state index is 11.6. The highest BCUT2D eigenvalue weighted by atomic mass is 79.9. The fourth-order valence-electron chi connectivity index (χ4n) is 1.65. The molecule has 2 aromatic rings. The van der Waals surface area contributed by atoms with Crippen LogP contribution in [0.25, 0.3) is 10.2 Å². The number of halogens is 1. The summed E-state index contributed by atoms with van der Waals surface area (Å²) >= 11 is 5.06. The van der Waals surface area contributed by atoms with Crippen LogP contribution in [-0.2, 0) is 16.0 Å². The minimum atomic E-state index is -0.421. The van der Waals surface area contributed by atoms with Gasteiger partial charge in [0, 0.05) is 10.9 Å². The van der Waals surface area contributed by atoms with Crippen molar-refractivity contribution in [2.75, 3.05) is 0 Å². The van der Waals surface area contributed by atoms with Crippen LogP contribution in [0.4, 0.5) is 0 Å². The molecule has 0 unspecified atom stereocenters. The quantitative estimate of drug-likeness (QED) is 0.779. The summed E-state index contributed by atoms with van der Waals surface area (Å²) < 4.78 is 7.46. The molecule has 1 aromatic carbocycles. The Bertz CT molecular complexity index is 601. The van der Waals surface area contributed by atoms with E-state index in [-0.39, 0.29) is 5.97 Å². The summed E-state index contributed by atoms with van der Waals surface area (Å²) in [4.78, 5) is 16.2.